The molecule has 1 amide bonds. The molecule has 0 radical (unpaired) electrons. The van der Waals surface area contributed by atoms with E-state index < -0.39 is 0 Å². The number of benzene rings is 1. The first-order chi connectivity index (χ1) is 8.29. The molecule has 0 bridgehead atoms. The molecular formula is C13H12ClNOS. The summed E-state index contributed by atoms with van der Waals surface area (Å²) in [6.45, 7) is 0.577. The smallest absolute Gasteiger partial charge is 0.251 e. The Bertz CT molecular complexity index is 479. The van der Waals surface area contributed by atoms with Crippen LogP contribution in [0.25, 0.3) is 0 Å². The third kappa shape index (κ3) is 3.32. The van der Waals surface area contributed by atoms with E-state index in [9.17, 15) is 4.79 Å². The molecule has 1 aromatic carbocycles. The largest absolute Gasteiger partial charge is 0.347 e. The highest BCUT2D eigenvalue weighted by Gasteiger charge is 2.05. The molecule has 0 unspecified atom stereocenters. The highest BCUT2D eigenvalue weighted by Crippen LogP contribution is 2.09. The van der Waals surface area contributed by atoms with Crippen molar-refractivity contribution in [3.63, 3.8) is 0 Å². The second kappa shape index (κ2) is 5.84. The topological polar surface area (TPSA) is 29.1 Å². The molecule has 0 atom stereocenters. The Morgan fingerprint density at radius 3 is 2.59 bits per heavy atom. The zero-order valence-electron chi connectivity index (χ0n) is 9.15. The summed E-state index contributed by atoms with van der Waals surface area (Å²) in [7, 11) is 0. The highest BCUT2D eigenvalue weighted by atomic mass is 35.5. The number of alkyl halides is 1. The second-order valence-electron chi connectivity index (χ2n) is 3.59. The minimum Gasteiger partial charge on any atom is -0.347 e. The first kappa shape index (κ1) is 12.1. The van der Waals surface area contributed by atoms with Crippen LogP contribution in [0.5, 0.6) is 0 Å². The summed E-state index contributed by atoms with van der Waals surface area (Å²) in [5.74, 6) is 0.413. The summed E-state index contributed by atoms with van der Waals surface area (Å²) in [6, 6.07) is 11.3. The van der Waals surface area contributed by atoms with Crippen molar-refractivity contribution in [2.24, 2.45) is 0 Å². The summed E-state index contributed by atoms with van der Waals surface area (Å²) in [4.78, 5) is 12.9. The fraction of sp³-hybridized carbons (Fsp3) is 0.154. The molecule has 2 aromatic rings. The van der Waals surface area contributed by atoms with Gasteiger partial charge in [-0.2, -0.15) is 0 Å². The lowest BCUT2D eigenvalue weighted by Crippen LogP contribution is -2.22. The van der Waals surface area contributed by atoms with Crippen LogP contribution in [0.2, 0.25) is 0 Å². The third-order valence-corrected chi connectivity index (χ3v) is 3.56. The average molecular weight is 266 g/mol. The molecule has 1 aromatic heterocycles. The Kier molecular flexibility index (Phi) is 4.18. The van der Waals surface area contributed by atoms with Crippen LogP contribution >= 0.6 is 22.9 Å². The van der Waals surface area contributed by atoms with Gasteiger partial charge in [-0.05, 0) is 29.1 Å². The van der Waals surface area contributed by atoms with Gasteiger partial charge in [-0.1, -0.05) is 18.2 Å². The summed E-state index contributed by atoms with van der Waals surface area (Å²) in [6.07, 6.45) is 0. The van der Waals surface area contributed by atoms with Crippen LogP contribution in [-0.4, -0.2) is 5.91 Å². The van der Waals surface area contributed by atoms with Gasteiger partial charge in [0.05, 0.1) is 6.54 Å². The van der Waals surface area contributed by atoms with Crippen molar-refractivity contribution in [2.45, 2.75) is 12.4 Å². The number of hydrogen-bond donors (Lipinski definition) is 1. The summed E-state index contributed by atoms with van der Waals surface area (Å²) < 4.78 is 0. The lowest BCUT2D eigenvalue weighted by atomic mass is 10.1. The van der Waals surface area contributed by atoms with E-state index in [1.165, 1.54) is 0 Å². The van der Waals surface area contributed by atoms with Crippen LogP contribution in [0.4, 0.5) is 0 Å². The Hall–Kier alpha value is -1.32. The van der Waals surface area contributed by atoms with Crippen LogP contribution in [0.15, 0.2) is 41.8 Å². The number of thiophene rings is 1. The van der Waals surface area contributed by atoms with Gasteiger partial charge < -0.3 is 5.32 Å². The number of rotatable bonds is 4. The predicted molar refractivity (Wildman–Crippen MR) is 71.5 cm³/mol. The molecule has 0 aliphatic heterocycles. The zero-order valence-corrected chi connectivity index (χ0v) is 10.7. The first-order valence-electron chi connectivity index (χ1n) is 5.25. The van der Waals surface area contributed by atoms with Crippen molar-refractivity contribution in [3.8, 4) is 0 Å². The van der Waals surface area contributed by atoms with Gasteiger partial charge in [0.15, 0.2) is 0 Å². The summed E-state index contributed by atoms with van der Waals surface area (Å²) in [5, 5.41) is 4.87. The van der Waals surface area contributed by atoms with E-state index in [0.717, 1.165) is 10.4 Å². The molecule has 1 N–H and O–H groups in total. The van der Waals surface area contributed by atoms with Gasteiger partial charge >= 0.3 is 0 Å². The van der Waals surface area contributed by atoms with Crippen molar-refractivity contribution < 1.29 is 4.79 Å². The molecule has 0 aliphatic rings. The number of halogens is 1. The van der Waals surface area contributed by atoms with Crippen molar-refractivity contribution in [1.82, 2.24) is 5.32 Å². The Morgan fingerprint density at radius 2 is 2.00 bits per heavy atom. The third-order valence-electron chi connectivity index (χ3n) is 2.37. The SMILES string of the molecule is O=C(NCc1cccs1)c1ccc(CCl)cc1. The minimum absolute atomic E-state index is 0.0560. The Balaban J connectivity index is 1.95. The summed E-state index contributed by atoms with van der Waals surface area (Å²) in [5.41, 5.74) is 1.68. The maximum absolute atomic E-state index is 11.8. The molecule has 4 heteroatoms. The molecule has 0 saturated heterocycles. The lowest BCUT2D eigenvalue weighted by Gasteiger charge is -2.04. The molecule has 0 saturated carbocycles. The van der Waals surface area contributed by atoms with Gasteiger partial charge in [-0.25, -0.2) is 0 Å². The van der Waals surface area contributed by atoms with E-state index in [1.54, 1.807) is 23.5 Å². The number of nitrogens with one attached hydrogen (secondary N) is 1. The zero-order chi connectivity index (χ0) is 12.1. The first-order valence-corrected chi connectivity index (χ1v) is 6.66. The Labute approximate surface area is 109 Å². The van der Waals surface area contributed by atoms with Gasteiger partial charge in [0.25, 0.3) is 5.91 Å². The fourth-order valence-electron chi connectivity index (χ4n) is 1.43. The number of hydrogen-bond acceptors (Lipinski definition) is 2. The van der Waals surface area contributed by atoms with Gasteiger partial charge in [-0.3, -0.25) is 4.79 Å². The maximum atomic E-state index is 11.8. The Morgan fingerprint density at radius 1 is 1.24 bits per heavy atom. The lowest BCUT2D eigenvalue weighted by molar-refractivity contribution is 0.0951. The number of carbonyl (C=O) groups excluding carboxylic acids is 1. The van der Waals surface area contributed by atoms with E-state index >= 15 is 0 Å². The van der Waals surface area contributed by atoms with Crippen molar-refractivity contribution >= 4 is 28.8 Å². The van der Waals surface area contributed by atoms with E-state index in [-0.39, 0.29) is 5.91 Å². The molecule has 88 valence electrons. The molecule has 1 heterocycles. The fourth-order valence-corrected chi connectivity index (χ4v) is 2.25. The van der Waals surface area contributed by atoms with E-state index in [1.807, 2.05) is 29.6 Å². The van der Waals surface area contributed by atoms with Crippen molar-refractivity contribution in [1.29, 1.82) is 0 Å². The standard InChI is InChI=1S/C13H12ClNOS/c14-8-10-3-5-11(6-4-10)13(16)15-9-12-2-1-7-17-12/h1-7H,8-9H2,(H,15,16). The molecule has 2 rings (SSSR count). The average Bonchev–Trinajstić information content (AvgIpc) is 2.89. The van der Waals surface area contributed by atoms with Gasteiger partial charge in [0.1, 0.15) is 0 Å². The number of amides is 1. The molecule has 0 fully saturated rings. The summed E-state index contributed by atoms with van der Waals surface area (Å²) >= 11 is 7.32. The maximum Gasteiger partial charge on any atom is 0.251 e. The minimum atomic E-state index is -0.0560. The van der Waals surface area contributed by atoms with Crippen molar-refractivity contribution in [2.75, 3.05) is 0 Å². The molecule has 0 aliphatic carbocycles. The highest BCUT2D eigenvalue weighted by molar-refractivity contribution is 7.09. The van der Waals surface area contributed by atoms with Crippen LogP contribution in [0.3, 0.4) is 0 Å². The van der Waals surface area contributed by atoms with Gasteiger partial charge in [0, 0.05) is 16.3 Å². The normalized spacial score (nSPS) is 10.2. The van der Waals surface area contributed by atoms with Crippen LogP contribution < -0.4 is 5.32 Å². The molecule has 0 spiro atoms. The predicted octanol–water partition coefficient (Wildman–Crippen LogP) is 3.42. The van der Waals surface area contributed by atoms with Crippen LogP contribution in [-0.2, 0) is 12.4 Å². The molecule has 2 nitrogen and oxygen atoms in total. The van der Waals surface area contributed by atoms with Gasteiger partial charge in [-0.15, -0.1) is 22.9 Å². The quantitative estimate of drug-likeness (QED) is 0.844. The van der Waals surface area contributed by atoms with Crippen LogP contribution in [0, 0.1) is 0 Å². The second-order valence-corrected chi connectivity index (χ2v) is 4.89. The molecule has 17 heavy (non-hydrogen) atoms. The molecular weight excluding hydrogens is 254 g/mol. The van der Waals surface area contributed by atoms with E-state index in [4.69, 9.17) is 11.6 Å². The van der Waals surface area contributed by atoms with E-state index in [2.05, 4.69) is 5.32 Å². The number of carbonyl (C=O) groups is 1. The monoisotopic (exact) mass is 265 g/mol. The van der Waals surface area contributed by atoms with E-state index in [0.29, 0.717) is 18.0 Å². The van der Waals surface area contributed by atoms with Crippen LogP contribution in [0.1, 0.15) is 20.8 Å². The van der Waals surface area contributed by atoms with Gasteiger partial charge in [0.2, 0.25) is 0 Å². The van der Waals surface area contributed by atoms with Crippen molar-refractivity contribution in [3.05, 3.63) is 57.8 Å².